The summed E-state index contributed by atoms with van der Waals surface area (Å²) in [5, 5.41) is 1.15. The van der Waals surface area contributed by atoms with Gasteiger partial charge in [-0.1, -0.05) is 40.8 Å². The number of para-hydroxylation sites is 1. The van der Waals surface area contributed by atoms with E-state index >= 15 is 0 Å². The number of alkyl halides is 1. The third kappa shape index (κ3) is 1.37. The Labute approximate surface area is 89.5 Å². The molecule has 0 aliphatic carbocycles. The molecular formula is C10H8INO. The fraction of sp³-hybridized carbons (Fsp3) is 0.100. The molecule has 0 atom stereocenters. The molecule has 0 aliphatic rings. The van der Waals surface area contributed by atoms with E-state index in [-0.39, 0.29) is 0 Å². The van der Waals surface area contributed by atoms with Gasteiger partial charge in [-0.15, -0.1) is 0 Å². The van der Waals surface area contributed by atoms with Crippen LogP contribution in [-0.4, -0.2) is 11.3 Å². The zero-order valence-electron chi connectivity index (χ0n) is 6.88. The number of aromatic amines is 1. The molecule has 1 N–H and O–H groups in total. The number of fused-ring (bicyclic) bond motifs is 1. The van der Waals surface area contributed by atoms with Gasteiger partial charge in [-0.3, -0.25) is 4.79 Å². The highest BCUT2D eigenvalue weighted by atomic mass is 127. The minimum atomic E-state index is 0.704. The van der Waals surface area contributed by atoms with E-state index in [1.807, 2.05) is 24.3 Å². The lowest BCUT2D eigenvalue weighted by Gasteiger charge is -1.91. The summed E-state index contributed by atoms with van der Waals surface area (Å²) in [6, 6.07) is 7.97. The molecule has 66 valence electrons. The second-order valence-corrected chi connectivity index (χ2v) is 3.58. The molecule has 1 aromatic carbocycles. The van der Waals surface area contributed by atoms with Gasteiger partial charge in [0.05, 0.1) is 5.69 Å². The number of carbonyl (C=O) groups excluding carboxylic acids is 1. The number of H-pyrrole nitrogens is 1. The van der Waals surface area contributed by atoms with Crippen molar-refractivity contribution in [3.8, 4) is 0 Å². The first-order chi connectivity index (χ1) is 6.36. The molecule has 2 rings (SSSR count). The number of carbonyl (C=O) groups is 1. The Kier molecular flexibility index (Phi) is 2.35. The highest BCUT2D eigenvalue weighted by Crippen LogP contribution is 2.23. The second kappa shape index (κ2) is 3.49. The van der Waals surface area contributed by atoms with Crippen molar-refractivity contribution < 1.29 is 4.79 Å². The number of nitrogens with one attached hydrogen (secondary N) is 1. The van der Waals surface area contributed by atoms with Crippen LogP contribution in [0.1, 0.15) is 16.1 Å². The molecular weight excluding hydrogens is 277 g/mol. The fourth-order valence-electron chi connectivity index (χ4n) is 1.47. The second-order valence-electron chi connectivity index (χ2n) is 2.81. The molecule has 0 saturated heterocycles. The summed E-state index contributed by atoms with van der Waals surface area (Å²) in [5.74, 6) is 0. The molecule has 0 unspecified atom stereocenters. The van der Waals surface area contributed by atoms with Gasteiger partial charge >= 0.3 is 0 Å². The van der Waals surface area contributed by atoms with E-state index < -0.39 is 0 Å². The normalized spacial score (nSPS) is 10.5. The molecule has 2 nitrogen and oxygen atoms in total. The van der Waals surface area contributed by atoms with Crippen molar-refractivity contribution in [2.75, 3.05) is 0 Å². The Bertz CT molecular complexity index is 447. The Hall–Kier alpha value is -0.840. The number of aromatic nitrogens is 1. The van der Waals surface area contributed by atoms with Crippen LogP contribution in [-0.2, 0) is 4.43 Å². The van der Waals surface area contributed by atoms with Crippen LogP contribution in [0, 0.1) is 0 Å². The predicted octanol–water partition coefficient (Wildman–Crippen LogP) is 2.92. The standard InChI is InChI=1S/C10H8INO/c11-5-8-7-3-1-2-4-9(7)12-10(8)6-13/h1-4,6,12H,5H2. The van der Waals surface area contributed by atoms with Crippen molar-refractivity contribution in [2.24, 2.45) is 0 Å². The van der Waals surface area contributed by atoms with E-state index in [9.17, 15) is 4.79 Å². The maximum absolute atomic E-state index is 10.7. The van der Waals surface area contributed by atoms with Gasteiger partial charge in [0.2, 0.25) is 0 Å². The summed E-state index contributed by atoms with van der Waals surface area (Å²) in [6.07, 6.45) is 0.883. The van der Waals surface area contributed by atoms with Crippen molar-refractivity contribution in [2.45, 2.75) is 4.43 Å². The van der Waals surface area contributed by atoms with E-state index in [1.165, 1.54) is 0 Å². The van der Waals surface area contributed by atoms with Gasteiger partial charge in [-0.25, -0.2) is 0 Å². The van der Waals surface area contributed by atoms with Crippen molar-refractivity contribution in [1.82, 2.24) is 4.98 Å². The third-order valence-electron chi connectivity index (χ3n) is 2.10. The van der Waals surface area contributed by atoms with Gasteiger partial charge in [0.15, 0.2) is 6.29 Å². The van der Waals surface area contributed by atoms with Crippen LogP contribution < -0.4 is 0 Å². The van der Waals surface area contributed by atoms with E-state index in [0.717, 1.165) is 27.2 Å². The molecule has 13 heavy (non-hydrogen) atoms. The van der Waals surface area contributed by atoms with Crippen LogP contribution >= 0.6 is 22.6 Å². The highest BCUT2D eigenvalue weighted by molar-refractivity contribution is 14.1. The van der Waals surface area contributed by atoms with E-state index in [4.69, 9.17) is 0 Å². The van der Waals surface area contributed by atoms with Crippen LogP contribution in [0.15, 0.2) is 24.3 Å². The summed E-state index contributed by atoms with van der Waals surface area (Å²) in [5.41, 5.74) is 2.85. The van der Waals surface area contributed by atoms with Crippen molar-refractivity contribution in [1.29, 1.82) is 0 Å². The lowest BCUT2D eigenvalue weighted by Crippen LogP contribution is -1.84. The maximum atomic E-state index is 10.7. The van der Waals surface area contributed by atoms with Crippen molar-refractivity contribution in [3.05, 3.63) is 35.5 Å². The minimum Gasteiger partial charge on any atom is -0.352 e. The van der Waals surface area contributed by atoms with Crippen molar-refractivity contribution >= 4 is 39.8 Å². The van der Waals surface area contributed by atoms with Gasteiger partial charge in [0.25, 0.3) is 0 Å². The lowest BCUT2D eigenvalue weighted by molar-refractivity contribution is 0.111. The molecule has 0 amide bonds. The number of hydrogen-bond donors (Lipinski definition) is 1. The average molecular weight is 285 g/mol. The van der Waals surface area contributed by atoms with Gasteiger partial charge in [-0.05, 0) is 11.6 Å². The van der Waals surface area contributed by atoms with Crippen LogP contribution in [0.2, 0.25) is 0 Å². The van der Waals surface area contributed by atoms with Crippen LogP contribution in [0.5, 0.6) is 0 Å². The Morgan fingerprint density at radius 2 is 2.15 bits per heavy atom. The smallest absolute Gasteiger partial charge is 0.166 e. The first kappa shape index (κ1) is 8.74. The molecule has 0 radical (unpaired) electrons. The monoisotopic (exact) mass is 285 g/mol. The predicted molar refractivity (Wildman–Crippen MR) is 61.4 cm³/mol. The molecule has 1 aromatic heterocycles. The first-order valence-corrected chi connectivity index (χ1v) is 5.50. The minimum absolute atomic E-state index is 0.704. The molecule has 0 spiro atoms. The molecule has 2 aromatic rings. The molecule has 0 aliphatic heterocycles. The summed E-state index contributed by atoms with van der Waals surface area (Å²) < 4.78 is 0.857. The zero-order chi connectivity index (χ0) is 9.26. The topological polar surface area (TPSA) is 32.9 Å². The number of rotatable bonds is 2. The SMILES string of the molecule is O=Cc1[nH]c2ccccc2c1CI. The van der Waals surface area contributed by atoms with Gasteiger partial charge in [0.1, 0.15) is 0 Å². The lowest BCUT2D eigenvalue weighted by atomic mass is 10.1. The zero-order valence-corrected chi connectivity index (χ0v) is 9.04. The van der Waals surface area contributed by atoms with Crippen LogP contribution in [0.25, 0.3) is 10.9 Å². The maximum Gasteiger partial charge on any atom is 0.166 e. The Morgan fingerprint density at radius 1 is 1.38 bits per heavy atom. The fourth-order valence-corrected chi connectivity index (χ4v) is 2.29. The number of aldehydes is 1. The molecule has 0 bridgehead atoms. The first-order valence-electron chi connectivity index (χ1n) is 3.97. The van der Waals surface area contributed by atoms with Crippen molar-refractivity contribution in [3.63, 3.8) is 0 Å². The van der Waals surface area contributed by atoms with Gasteiger partial charge < -0.3 is 4.98 Å². The Balaban J connectivity index is 2.81. The Morgan fingerprint density at radius 3 is 2.85 bits per heavy atom. The van der Waals surface area contributed by atoms with Gasteiger partial charge in [0, 0.05) is 15.3 Å². The van der Waals surface area contributed by atoms with Gasteiger partial charge in [-0.2, -0.15) is 0 Å². The highest BCUT2D eigenvalue weighted by Gasteiger charge is 2.07. The van der Waals surface area contributed by atoms with E-state index in [0.29, 0.717) is 5.69 Å². The summed E-state index contributed by atoms with van der Waals surface area (Å²) in [4.78, 5) is 13.8. The largest absolute Gasteiger partial charge is 0.352 e. The number of halogens is 1. The molecule has 1 heterocycles. The summed E-state index contributed by atoms with van der Waals surface area (Å²) >= 11 is 2.27. The van der Waals surface area contributed by atoms with Crippen LogP contribution in [0.3, 0.4) is 0 Å². The van der Waals surface area contributed by atoms with E-state index in [2.05, 4.69) is 27.6 Å². The van der Waals surface area contributed by atoms with E-state index in [1.54, 1.807) is 0 Å². The average Bonchev–Trinajstić information content (AvgIpc) is 2.55. The third-order valence-corrected chi connectivity index (χ3v) is 2.86. The molecule has 3 heteroatoms. The summed E-state index contributed by atoms with van der Waals surface area (Å²) in [7, 11) is 0. The number of hydrogen-bond acceptors (Lipinski definition) is 1. The molecule has 0 saturated carbocycles. The molecule has 0 fully saturated rings. The summed E-state index contributed by atoms with van der Waals surface area (Å²) in [6.45, 7) is 0. The van der Waals surface area contributed by atoms with Crippen LogP contribution in [0.4, 0.5) is 0 Å². The quantitative estimate of drug-likeness (QED) is 0.513. The number of benzene rings is 1.